The van der Waals surface area contributed by atoms with E-state index in [9.17, 15) is 18.0 Å². The van der Waals surface area contributed by atoms with Crippen molar-refractivity contribution >= 4 is 6.29 Å². The van der Waals surface area contributed by atoms with Gasteiger partial charge in [0.05, 0.1) is 11.9 Å². The van der Waals surface area contributed by atoms with Gasteiger partial charge in [-0.25, -0.2) is 0 Å². The van der Waals surface area contributed by atoms with Crippen LogP contribution in [0.1, 0.15) is 15.9 Å². The molecule has 0 amide bonds. The summed E-state index contributed by atoms with van der Waals surface area (Å²) in [5.41, 5.74) is -0.707. The van der Waals surface area contributed by atoms with Crippen LogP contribution in [0.15, 0.2) is 30.5 Å². The van der Waals surface area contributed by atoms with Crippen LogP contribution >= 0.6 is 0 Å². The van der Waals surface area contributed by atoms with E-state index in [1.165, 1.54) is 12.1 Å². The maximum atomic E-state index is 12.7. The third-order valence-electron chi connectivity index (χ3n) is 2.30. The van der Waals surface area contributed by atoms with E-state index in [0.717, 1.165) is 0 Å². The van der Waals surface area contributed by atoms with Gasteiger partial charge in [-0.3, -0.25) is 9.89 Å². The smallest absolute Gasteiger partial charge is 0.298 e. The van der Waals surface area contributed by atoms with Crippen molar-refractivity contribution in [3.8, 4) is 11.3 Å². The number of rotatable bonds is 2. The number of aldehydes is 1. The van der Waals surface area contributed by atoms with E-state index >= 15 is 0 Å². The molecule has 0 aliphatic carbocycles. The number of hydrogen-bond donors (Lipinski definition) is 1. The molecule has 88 valence electrons. The molecule has 2 aromatic rings. The molecule has 6 heteroatoms. The number of benzene rings is 1. The van der Waals surface area contributed by atoms with E-state index in [1.54, 1.807) is 12.1 Å². The van der Waals surface area contributed by atoms with E-state index in [4.69, 9.17) is 0 Å². The fourth-order valence-corrected chi connectivity index (χ4v) is 1.53. The predicted molar refractivity (Wildman–Crippen MR) is 54.4 cm³/mol. The van der Waals surface area contributed by atoms with Crippen molar-refractivity contribution in [1.82, 2.24) is 10.2 Å². The summed E-state index contributed by atoms with van der Waals surface area (Å²) in [5, 5.41) is 5.65. The largest absolute Gasteiger partial charge is 0.420 e. The molecular weight excluding hydrogens is 233 g/mol. The Kier molecular flexibility index (Phi) is 2.71. The number of nitrogens with zero attached hydrogens (tertiary/aromatic N) is 1. The van der Waals surface area contributed by atoms with Crippen molar-refractivity contribution in [1.29, 1.82) is 0 Å². The van der Waals surface area contributed by atoms with Crippen LogP contribution in [0.5, 0.6) is 0 Å². The molecule has 1 heterocycles. The van der Waals surface area contributed by atoms with Gasteiger partial charge in [-0.15, -0.1) is 0 Å². The first kappa shape index (κ1) is 11.4. The van der Waals surface area contributed by atoms with Crippen LogP contribution < -0.4 is 0 Å². The first-order valence-corrected chi connectivity index (χ1v) is 4.69. The first-order valence-electron chi connectivity index (χ1n) is 4.69. The number of aromatic nitrogens is 2. The highest BCUT2D eigenvalue weighted by Gasteiger charge is 2.35. The van der Waals surface area contributed by atoms with Crippen LogP contribution in [0.25, 0.3) is 11.3 Å². The Hall–Kier alpha value is -2.11. The molecule has 0 atom stereocenters. The van der Waals surface area contributed by atoms with Gasteiger partial charge in [-0.2, -0.15) is 18.3 Å². The predicted octanol–water partition coefficient (Wildman–Crippen LogP) is 2.91. The van der Waals surface area contributed by atoms with Gasteiger partial charge >= 0.3 is 6.18 Å². The maximum Gasteiger partial charge on any atom is 0.420 e. The number of aromatic amines is 1. The fraction of sp³-hybridized carbons (Fsp3) is 0.0909. The number of hydrogen-bond acceptors (Lipinski definition) is 2. The topological polar surface area (TPSA) is 45.8 Å². The van der Waals surface area contributed by atoms with Crippen LogP contribution in [0.4, 0.5) is 13.2 Å². The zero-order valence-electron chi connectivity index (χ0n) is 8.45. The van der Waals surface area contributed by atoms with E-state index in [2.05, 4.69) is 10.2 Å². The lowest BCUT2D eigenvalue weighted by Gasteiger charge is -2.08. The third kappa shape index (κ3) is 2.06. The van der Waals surface area contributed by atoms with E-state index in [-0.39, 0.29) is 16.8 Å². The standard InChI is InChI=1S/C11H7F3N2O/c12-11(13,14)9-5-15-16-10(9)8-4-2-1-3-7(8)6-17/h1-6H,(H,15,16). The van der Waals surface area contributed by atoms with Gasteiger partial charge in [0.2, 0.25) is 0 Å². The molecule has 0 radical (unpaired) electrons. The molecule has 1 aromatic carbocycles. The van der Waals surface area contributed by atoms with Crippen molar-refractivity contribution in [2.45, 2.75) is 6.18 Å². The van der Waals surface area contributed by atoms with Gasteiger partial charge in [0.15, 0.2) is 6.29 Å². The molecule has 0 bridgehead atoms. The molecule has 0 saturated carbocycles. The number of H-pyrrole nitrogens is 1. The average Bonchev–Trinajstić information content (AvgIpc) is 2.77. The molecule has 2 rings (SSSR count). The van der Waals surface area contributed by atoms with Gasteiger partial charge < -0.3 is 0 Å². The summed E-state index contributed by atoms with van der Waals surface area (Å²) in [7, 11) is 0. The van der Waals surface area contributed by atoms with E-state index in [0.29, 0.717) is 12.5 Å². The Balaban J connectivity index is 2.62. The van der Waals surface area contributed by atoms with E-state index < -0.39 is 11.7 Å². The number of alkyl halides is 3. The second kappa shape index (κ2) is 4.04. The van der Waals surface area contributed by atoms with Crippen molar-refractivity contribution in [2.24, 2.45) is 0 Å². The van der Waals surface area contributed by atoms with Gasteiger partial charge in [0.25, 0.3) is 0 Å². The molecular formula is C11H7F3N2O. The van der Waals surface area contributed by atoms with Gasteiger partial charge in [0, 0.05) is 11.1 Å². The molecule has 17 heavy (non-hydrogen) atoms. The third-order valence-corrected chi connectivity index (χ3v) is 2.30. The SMILES string of the molecule is O=Cc1ccccc1-c1[nH]ncc1C(F)(F)F. The zero-order chi connectivity index (χ0) is 12.5. The maximum absolute atomic E-state index is 12.7. The van der Waals surface area contributed by atoms with Gasteiger partial charge in [0.1, 0.15) is 5.56 Å². The van der Waals surface area contributed by atoms with Crippen molar-refractivity contribution in [3.05, 3.63) is 41.6 Å². The van der Waals surface area contributed by atoms with Crippen LogP contribution in [-0.2, 0) is 6.18 Å². The summed E-state index contributed by atoms with van der Waals surface area (Å²) in [6.45, 7) is 0. The summed E-state index contributed by atoms with van der Waals surface area (Å²) in [6, 6.07) is 6.02. The van der Waals surface area contributed by atoms with Crippen molar-refractivity contribution in [2.75, 3.05) is 0 Å². The van der Waals surface area contributed by atoms with Crippen molar-refractivity contribution < 1.29 is 18.0 Å². The molecule has 0 unspecified atom stereocenters. The molecule has 0 saturated heterocycles. The lowest BCUT2D eigenvalue weighted by atomic mass is 10.0. The van der Waals surface area contributed by atoms with Crippen LogP contribution in [-0.4, -0.2) is 16.5 Å². The Bertz CT molecular complexity index is 546. The fourth-order valence-electron chi connectivity index (χ4n) is 1.53. The average molecular weight is 240 g/mol. The Morgan fingerprint density at radius 3 is 2.59 bits per heavy atom. The summed E-state index contributed by atoms with van der Waals surface area (Å²) < 4.78 is 38.0. The summed E-state index contributed by atoms with van der Waals surface area (Å²) in [5.74, 6) is 0. The minimum absolute atomic E-state index is 0.183. The quantitative estimate of drug-likeness (QED) is 0.820. The Labute approximate surface area is 94.3 Å². The van der Waals surface area contributed by atoms with Gasteiger partial charge in [-0.1, -0.05) is 24.3 Å². The van der Waals surface area contributed by atoms with Crippen LogP contribution in [0, 0.1) is 0 Å². The highest BCUT2D eigenvalue weighted by molar-refractivity contribution is 5.87. The van der Waals surface area contributed by atoms with Crippen molar-refractivity contribution in [3.63, 3.8) is 0 Å². The second-order valence-electron chi connectivity index (χ2n) is 3.36. The number of carbonyl (C=O) groups excluding carboxylic acids is 1. The molecule has 1 N–H and O–H groups in total. The summed E-state index contributed by atoms with van der Waals surface area (Å²) in [4.78, 5) is 10.8. The Morgan fingerprint density at radius 1 is 1.24 bits per heavy atom. The normalized spacial score (nSPS) is 11.5. The first-order chi connectivity index (χ1) is 8.04. The highest BCUT2D eigenvalue weighted by atomic mass is 19.4. The highest BCUT2D eigenvalue weighted by Crippen LogP contribution is 2.36. The molecule has 0 aliphatic heterocycles. The van der Waals surface area contributed by atoms with E-state index in [1.807, 2.05) is 0 Å². The van der Waals surface area contributed by atoms with Crippen LogP contribution in [0.3, 0.4) is 0 Å². The van der Waals surface area contributed by atoms with Crippen LogP contribution in [0.2, 0.25) is 0 Å². The second-order valence-corrected chi connectivity index (χ2v) is 3.36. The molecule has 1 aromatic heterocycles. The zero-order valence-corrected chi connectivity index (χ0v) is 8.45. The van der Waals surface area contributed by atoms with Gasteiger partial charge in [-0.05, 0) is 0 Å². The summed E-state index contributed by atoms with van der Waals surface area (Å²) >= 11 is 0. The lowest BCUT2D eigenvalue weighted by molar-refractivity contribution is -0.137. The molecule has 3 nitrogen and oxygen atoms in total. The number of halogens is 3. The Morgan fingerprint density at radius 2 is 1.94 bits per heavy atom. The minimum atomic E-state index is -4.50. The minimum Gasteiger partial charge on any atom is -0.298 e. The lowest BCUT2D eigenvalue weighted by Crippen LogP contribution is -2.05. The summed E-state index contributed by atoms with van der Waals surface area (Å²) in [6.07, 6.45) is -3.29. The molecule has 0 fully saturated rings. The number of carbonyl (C=O) groups is 1. The molecule has 0 spiro atoms. The monoisotopic (exact) mass is 240 g/mol. The molecule has 0 aliphatic rings. The number of nitrogens with one attached hydrogen (secondary N) is 1.